The van der Waals surface area contributed by atoms with Crippen LogP contribution >= 0.6 is 0 Å². The molecule has 0 bridgehead atoms. The van der Waals surface area contributed by atoms with Crippen molar-refractivity contribution in [1.29, 1.82) is 0 Å². The van der Waals surface area contributed by atoms with Crippen molar-refractivity contribution in [3.63, 3.8) is 0 Å². The van der Waals surface area contributed by atoms with Gasteiger partial charge in [0, 0.05) is 7.11 Å². The molecule has 0 aliphatic heterocycles. The van der Waals surface area contributed by atoms with Crippen LogP contribution in [0.3, 0.4) is 0 Å². The van der Waals surface area contributed by atoms with Gasteiger partial charge in [0.2, 0.25) is 10.0 Å². The molecule has 0 aromatic heterocycles. The van der Waals surface area contributed by atoms with Gasteiger partial charge in [0.15, 0.2) is 0 Å². The lowest BCUT2D eigenvalue weighted by molar-refractivity contribution is 0.0862. The highest BCUT2D eigenvalue weighted by molar-refractivity contribution is 7.89. The lowest BCUT2D eigenvalue weighted by Gasteiger charge is -2.21. The Labute approximate surface area is 123 Å². The van der Waals surface area contributed by atoms with Gasteiger partial charge in [0.1, 0.15) is 5.82 Å². The zero-order valence-electron chi connectivity index (χ0n) is 12.1. The molecule has 1 atom stereocenters. The summed E-state index contributed by atoms with van der Waals surface area (Å²) in [6.07, 6.45) is 0. The van der Waals surface area contributed by atoms with E-state index in [1.807, 2.05) is 13.8 Å². The number of rotatable bonds is 6. The fraction of sp³-hybridized carbons (Fsp3) is 0.462. The Morgan fingerprint density at radius 3 is 2.48 bits per heavy atom. The summed E-state index contributed by atoms with van der Waals surface area (Å²) in [4.78, 5) is 11.6. The van der Waals surface area contributed by atoms with Crippen LogP contribution in [0.2, 0.25) is 0 Å². The molecule has 1 unspecified atom stereocenters. The number of carbonyl (C=O) groups excluding carboxylic acids is 1. The monoisotopic (exact) mass is 318 g/mol. The maximum absolute atomic E-state index is 13.9. The van der Waals surface area contributed by atoms with Crippen LogP contribution in [-0.2, 0) is 14.8 Å². The lowest BCUT2D eigenvalue weighted by atomic mass is 10.0. The largest absolute Gasteiger partial charge is 0.383 e. The van der Waals surface area contributed by atoms with Gasteiger partial charge in [-0.25, -0.2) is 17.9 Å². The van der Waals surface area contributed by atoms with Crippen LogP contribution in [0.25, 0.3) is 0 Å². The number of hydrogen-bond acceptors (Lipinski definition) is 4. The number of halogens is 1. The summed E-state index contributed by atoms with van der Waals surface area (Å²) in [5.41, 5.74) is -0.246. The number of ether oxygens (including phenoxy) is 1. The Kier molecular flexibility index (Phi) is 5.82. The molecule has 3 N–H and O–H groups in total. The summed E-state index contributed by atoms with van der Waals surface area (Å²) >= 11 is 0. The van der Waals surface area contributed by atoms with E-state index in [0.29, 0.717) is 6.61 Å². The average molecular weight is 318 g/mol. The predicted octanol–water partition coefficient (Wildman–Crippen LogP) is 0.874. The third-order valence-electron chi connectivity index (χ3n) is 2.98. The van der Waals surface area contributed by atoms with Crippen LogP contribution in [0, 0.1) is 11.7 Å². The van der Waals surface area contributed by atoms with Crippen LogP contribution in [-0.4, -0.2) is 34.1 Å². The minimum Gasteiger partial charge on any atom is -0.383 e. The Morgan fingerprint density at radius 1 is 1.43 bits per heavy atom. The van der Waals surface area contributed by atoms with Crippen molar-refractivity contribution in [2.75, 3.05) is 13.7 Å². The first-order chi connectivity index (χ1) is 9.66. The number of amides is 1. The van der Waals surface area contributed by atoms with E-state index < -0.39 is 21.7 Å². The third-order valence-corrected chi connectivity index (χ3v) is 3.89. The Balaban J connectivity index is 2.98. The molecule has 21 heavy (non-hydrogen) atoms. The number of hydrogen-bond donors (Lipinski definition) is 2. The number of methoxy groups -OCH3 is 1. The number of sulfonamides is 1. The van der Waals surface area contributed by atoms with Crippen molar-refractivity contribution in [3.8, 4) is 0 Å². The van der Waals surface area contributed by atoms with Crippen LogP contribution < -0.4 is 10.5 Å². The molecule has 6 nitrogen and oxygen atoms in total. The average Bonchev–Trinajstić information content (AvgIpc) is 2.36. The molecular formula is C13H19FN2O4S. The molecule has 0 aliphatic rings. The van der Waals surface area contributed by atoms with Crippen molar-refractivity contribution in [1.82, 2.24) is 5.32 Å². The van der Waals surface area contributed by atoms with Gasteiger partial charge in [-0.15, -0.1) is 0 Å². The molecule has 1 aromatic rings. The zero-order chi connectivity index (χ0) is 16.2. The summed E-state index contributed by atoms with van der Waals surface area (Å²) in [6.45, 7) is 4.08. The van der Waals surface area contributed by atoms with Gasteiger partial charge in [-0.05, 0) is 24.1 Å². The van der Waals surface area contributed by atoms with E-state index >= 15 is 0 Å². The first-order valence-electron chi connectivity index (χ1n) is 6.29. The first-order valence-corrected chi connectivity index (χ1v) is 7.83. The van der Waals surface area contributed by atoms with Gasteiger partial charge in [-0.3, -0.25) is 4.79 Å². The molecule has 1 aromatic carbocycles. The fourth-order valence-corrected chi connectivity index (χ4v) is 2.21. The van der Waals surface area contributed by atoms with Crippen LogP contribution in [0.5, 0.6) is 0 Å². The highest BCUT2D eigenvalue weighted by Gasteiger charge is 2.20. The minimum absolute atomic E-state index is 0.0978. The second-order valence-corrected chi connectivity index (χ2v) is 6.53. The van der Waals surface area contributed by atoms with Gasteiger partial charge in [-0.2, -0.15) is 0 Å². The molecular weight excluding hydrogens is 299 g/mol. The molecule has 0 saturated heterocycles. The molecule has 1 amide bonds. The number of nitrogens with two attached hydrogens (primary N) is 1. The molecule has 0 heterocycles. The molecule has 8 heteroatoms. The standard InChI is InChI=1S/C13H19FN2O4S/c1-8(2)12(7-20-3)16-13(17)10-5-4-9(6-11(10)14)21(15,18)19/h4-6,8,12H,7H2,1-3H3,(H,16,17)(H2,15,18,19). The van der Waals surface area contributed by atoms with E-state index in [1.165, 1.54) is 7.11 Å². The summed E-state index contributed by atoms with van der Waals surface area (Å²) in [5.74, 6) is -1.48. The van der Waals surface area contributed by atoms with Crippen molar-refractivity contribution >= 4 is 15.9 Å². The first kappa shape index (κ1) is 17.5. The molecule has 0 aliphatic carbocycles. The highest BCUT2D eigenvalue weighted by atomic mass is 32.2. The molecule has 0 fully saturated rings. The van der Waals surface area contributed by atoms with E-state index in [1.54, 1.807) is 0 Å². The molecule has 0 spiro atoms. The molecule has 0 radical (unpaired) electrons. The van der Waals surface area contributed by atoms with Crippen LogP contribution in [0.4, 0.5) is 4.39 Å². The van der Waals surface area contributed by atoms with Gasteiger partial charge in [0.05, 0.1) is 23.1 Å². The smallest absolute Gasteiger partial charge is 0.254 e. The van der Waals surface area contributed by atoms with Gasteiger partial charge in [-0.1, -0.05) is 13.8 Å². The Hall–Kier alpha value is -1.51. The molecule has 1 rings (SSSR count). The minimum atomic E-state index is -4.00. The third kappa shape index (κ3) is 4.76. The normalized spacial score (nSPS) is 13.2. The van der Waals surface area contributed by atoms with Crippen LogP contribution in [0.15, 0.2) is 23.1 Å². The maximum Gasteiger partial charge on any atom is 0.254 e. The number of nitrogens with one attached hydrogen (secondary N) is 1. The zero-order valence-corrected chi connectivity index (χ0v) is 12.9. The van der Waals surface area contributed by atoms with Gasteiger partial charge < -0.3 is 10.1 Å². The van der Waals surface area contributed by atoms with E-state index in [0.717, 1.165) is 18.2 Å². The topological polar surface area (TPSA) is 98.5 Å². The number of primary sulfonamides is 1. The summed E-state index contributed by atoms with van der Waals surface area (Å²) in [7, 11) is -2.50. The number of carbonyl (C=O) groups is 1. The fourth-order valence-electron chi connectivity index (χ4n) is 1.68. The predicted molar refractivity (Wildman–Crippen MR) is 75.7 cm³/mol. The van der Waals surface area contributed by atoms with E-state index in [2.05, 4.69) is 5.32 Å². The molecule has 0 saturated carbocycles. The number of benzene rings is 1. The van der Waals surface area contributed by atoms with E-state index in [-0.39, 0.29) is 22.4 Å². The highest BCUT2D eigenvalue weighted by Crippen LogP contribution is 2.14. The lowest BCUT2D eigenvalue weighted by Crippen LogP contribution is -2.42. The van der Waals surface area contributed by atoms with Crippen molar-refractivity contribution in [2.24, 2.45) is 11.1 Å². The van der Waals surface area contributed by atoms with Crippen LogP contribution in [0.1, 0.15) is 24.2 Å². The maximum atomic E-state index is 13.9. The Bertz CT molecular complexity index is 617. The summed E-state index contributed by atoms with van der Waals surface area (Å²) < 4.78 is 41.1. The Morgan fingerprint density at radius 2 is 2.05 bits per heavy atom. The second kappa shape index (κ2) is 6.97. The van der Waals surface area contributed by atoms with Gasteiger partial charge >= 0.3 is 0 Å². The van der Waals surface area contributed by atoms with Crippen molar-refractivity contribution < 1.29 is 22.3 Å². The summed E-state index contributed by atoms with van der Waals surface area (Å²) in [5, 5.41) is 7.55. The second-order valence-electron chi connectivity index (χ2n) is 4.97. The summed E-state index contributed by atoms with van der Waals surface area (Å²) in [6, 6.07) is 2.63. The molecule has 118 valence electrons. The quantitative estimate of drug-likeness (QED) is 0.813. The SMILES string of the molecule is COCC(NC(=O)c1ccc(S(N)(=O)=O)cc1F)C(C)C. The van der Waals surface area contributed by atoms with Crippen molar-refractivity contribution in [3.05, 3.63) is 29.6 Å². The van der Waals surface area contributed by atoms with Gasteiger partial charge in [0.25, 0.3) is 5.91 Å². The van der Waals surface area contributed by atoms with E-state index in [4.69, 9.17) is 9.88 Å². The van der Waals surface area contributed by atoms with Crippen molar-refractivity contribution in [2.45, 2.75) is 24.8 Å². The van der Waals surface area contributed by atoms with E-state index in [9.17, 15) is 17.6 Å².